The van der Waals surface area contributed by atoms with Crippen molar-refractivity contribution in [3.05, 3.63) is 88.7 Å². The average molecular weight is 475 g/mol. The smallest absolute Gasteiger partial charge is 0.254 e. The minimum absolute atomic E-state index is 0.000284. The third-order valence-corrected chi connectivity index (χ3v) is 9.32. The molecule has 3 heterocycles. The minimum atomic E-state index is -0.138. The molecule has 2 bridgehead atoms. The molecule has 2 aliphatic heterocycles. The van der Waals surface area contributed by atoms with Gasteiger partial charge < -0.3 is 15.2 Å². The van der Waals surface area contributed by atoms with Crippen molar-refractivity contribution in [2.45, 2.75) is 62.1 Å². The van der Waals surface area contributed by atoms with Gasteiger partial charge in [-0.2, -0.15) is 0 Å². The highest BCUT2D eigenvalue weighted by Crippen LogP contribution is 2.52. The van der Waals surface area contributed by atoms with E-state index in [1.807, 2.05) is 18.0 Å². The van der Waals surface area contributed by atoms with Crippen LogP contribution >= 0.6 is 0 Å². The molecule has 180 valence electrons. The molecule has 2 N–H and O–H groups in total. The highest BCUT2D eigenvalue weighted by molar-refractivity contribution is 5.97. The summed E-state index contributed by atoms with van der Waals surface area (Å²) in [5.41, 5.74) is 15.7. The fourth-order valence-corrected chi connectivity index (χ4v) is 6.92. The molecule has 2 aliphatic carbocycles. The van der Waals surface area contributed by atoms with Crippen molar-refractivity contribution < 1.29 is 4.79 Å². The maximum absolute atomic E-state index is 13.5. The zero-order valence-electron chi connectivity index (χ0n) is 20.6. The molecule has 3 aromatic carbocycles. The zero-order valence-corrected chi connectivity index (χ0v) is 20.6. The maximum Gasteiger partial charge on any atom is 0.254 e. The number of nitrogens with two attached hydrogens (primary N) is 1. The summed E-state index contributed by atoms with van der Waals surface area (Å²) in [4.78, 5) is 20.5. The SMILES string of the molecule is CN1C(=O)c2cccc(C3CC3)c2[C@H]2C[C@@H]1c1nc3ccc(-c4ccc(C5(N)CCC5)cc4)cc3n12. The lowest BCUT2D eigenvalue weighted by molar-refractivity contribution is 0.0734. The van der Waals surface area contributed by atoms with Crippen LogP contribution in [-0.4, -0.2) is 27.4 Å². The van der Waals surface area contributed by atoms with Gasteiger partial charge in [0.25, 0.3) is 5.91 Å². The van der Waals surface area contributed by atoms with Crippen LogP contribution in [0.15, 0.2) is 60.7 Å². The molecule has 5 heteroatoms. The second kappa shape index (κ2) is 7.07. The standard InChI is InChI=1S/C31H30N4O/c1-34-27-17-26(28-22(19-6-7-19)4-2-5-23(28)30(34)36)35-25-16-20(10-13-24(25)33-29(27)35)18-8-11-21(12-9-18)31(32)14-3-15-31/h2,4-5,8-13,16,19,26-27H,3,6-7,14-15,17,32H2,1H3/t26-,27-/m1/s1. The highest BCUT2D eigenvalue weighted by Gasteiger charge is 2.45. The van der Waals surface area contributed by atoms with Crippen LogP contribution in [0.1, 0.15) is 89.4 Å². The van der Waals surface area contributed by atoms with Crippen LogP contribution in [0, 0.1) is 0 Å². The van der Waals surface area contributed by atoms with Crippen molar-refractivity contribution in [2.75, 3.05) is 7.05 Å². The summed E-state index contributed by atoms with van der Waals surface area (Å²) in [6, 6.07) is 21.9. The lowest BCUT2D eigenvalue weighted by Crippen LogP contribution is -2.43. The molecule has 36 heavy (non-hydrogen) atoms. The number of carbonyl (C=O) groups is 1. The molecule has 2 saturated carbocycles. The Balaban J connectivity index is 1.28. The van der Waals surface area contributed by atoms with Crippen molar-refractivity contribution in [1.29, 1.82) is 0 Å². The molecule has 5 nitrogen and oxygen atoms in total. The first kappa shape index (κ1) is 20.7. The summed E-state index contributed by atoms with van der Waals surface area (Å²) in [6.45, 7) is 0. The van der Waals surface area contributed by atoms with E-state index in [0.717, 1.165) is 41.7 Å². The van der Waals surface area contributed by atoms with Crippen LogP contribution < -0.4 is 5.73 Å². The number of carbonyl (C=O) groups excluding carboxylic acids is 1. The highest BCUT2D eigenvalue weighted by atomic mass is 16.2. The molecule has 0 unspecified atom stereocenters. The third-order valence-electron chi connectivity index (χ3n) is 9.32. The Kier molecular flexibility index (Phi) is 4.07. The van der Waals surface area contributed by atoms with E-state index >= 15 is 0 Å². The van der Waals surface area contributed by atoms with E-state index in [9.17, 15) is 4.79 Å². The number of aromatic nitrogens is 2. The lowest BCUT2D eigenvalue weighted by atomic mass is 9.72. The van der Waals surface area contributed by atoms with Gasteiger partial charge in [0.05, 0.1) is 23.1 Å². The predicted octanol–water partition coefficient (Wildman–Crippen LogP) is 6.04. The van der Waals surface area contributed by atoms with E-state index in [0.29, 0.717) is 5.92 Å². The zero-order chi connectivity index (χ0) is 24.2. The fourth-order valence-electron chi connectivity index (χ4n) is 6.92. The molecule has 4 aliphatic rings. The van der Waals surface area contributed by atoms with Crippen LogP contribution in [0.5, 0.6) is 0 Å². The summed E-state index contributed by atoms with van der Waals surface area (Å²) in [5.74, 6) is 1.73. The average Bonchev–Trinajstić information content (AvgIpc) is 3.59. The molecule has 8 rings (SSSR count). The van der Waals surface area contributed by atoms with Crippen LogP contribution in [0.25, 0.3) is 22.2 Å². The second-order valence-corrected chi connectivity index (χ2v) is 11.4. The maximum atomic E-state index is 13.5. The van der Waals surface area contributed by atoms with Crippen LogP contribution in [0.3, 0.4) is 0 Å². The van der Waals surface area contributed by atoms with E-state index < -0.39 is 0 Å². The van der Waals surface area contributed by atoms with Gasteiger partial charge in [-0.25, -0.2) is 4.98 Å². The van der Waals surface area contributed by atoms with E-state index in [2.05, 4.69) is 59.2 Å². The third kappa shape index (κ3) is 2.75. The monoisotopic (exact) mass is 474 g/mol. The van der Waals surface area contributed by atoms with Crippen molar-refractivity contribution >= 4 is 16.9 Å². The number of fused-ring (bicyclic) bond motifs is 9. The van der Waals surface area contributed by atoms with Gasteiger partial charge in [-0.3, -0.25) is 4.79 Å². The van der Waals surface area contributed by atoms with Crippen LogP contribution in [-0.2, 0) is 5.54 Å². The number of hydrogen-bond acceptors (Lipinski definition) is 3. The van der Waals surface area contributed by atoms with Gasteiger partial charge in [0.15, 0.2) is 0 Å². The predicted molar refractivity (Wildman–Crippen MR) is 141 cm³/mol. The van der Waals surface area contributed by atoms with Gasteiger partial charge in [-0.15, -0.1) is 0 Å². The first-order valence-electron chi connectivity index (χ1n) is 13.3. The van der Waals surface area contributed by atoms with Crippen LogP contribution in [0.2, 0.25) is 0 Å². The van der Waals surface area contributed by atoms with Crippen molar-refractivity contribution in [2.24, 2.45) is 5.73 Å². The normalized spacial score (nSPS) is 23.8. The number of amides is 1. The number of hydrogen-bond donors (Lipinski definition) is 1. The number of nitrogens with zero attached hydrogens (tertiary/aromatic N) is 3. The number of rotatable bonds is 3. The Morgan fingerprint density at radius 2 is 1.75 bits per heavy atom. The van der Waals surface area contributed by atoms with Gasteiger partial charge in [0, 0.05) is 24.6 Å². The quantitative estimate of drug-likeness (QED) is 0.394. The first-order chi connectivity index (χ1) is 17.5. The number of benzene rings is 3. The molecule has 0 radical (unpaired) electrons. The Morgan fingerprint density at radius 1 is 0.972 bits per heavy atom. The van der Waals surface area contributed by atoms with Crippen molar-refractivity contribution in [3.63, 3.8) is 0 Å². The van der Waals surface area contributed by atoms with E-state index in [1.54, 1.807) is 0 Å². The fraction of sp³-hybridized carbons (Fsp3) is 0.355. The summed E-state index contributed by atoms with van der Waals surface area (Å²) in [7, 11) is 1.94. The van der Waals surface area contributed by atoms with Crippen molar-refractivity contribution in [1.82, 2.24) is 14.5 Å². The molecule has 0 saturated heterocycles. The molecular weight excluding hydrogens is 444 g/mol. The summed E-state index contributed by atoms with van der Waals surface area (Å²) < 4.78 is 2.44. The molecule has 1 aromatic heterocycles. The lowest BCUT2D eigenvalue weighted by Gasteiger charge is -2.38. The van der Waals surface area contributed by atoms with Crippen LogP contribution in [0.4, 0.5) is 0 Å². The Hall–Kier alpha value is -3.44. The van der Waals surface area contributed by atoms with Gasteiger partial charge in [0.2, 0.25) is 0 Å². The van der Waals surface area contributed by atoms with E-state index in [-0.39, 0.29) is 23.5 Å². The number of imidazole rings is 1. The largest absolute Gasteiger partial charge is 0.331 e. The molecule has 2 fully saturated rings. The van der Waals surface area contributed by atoms with Gasteiger partial charge in [-0.05, 0) is 84.0 Å². The molecular formula is C31H30N4O. The molecule has 4 aromatic rings. The summed E-state index contributed by atoms with van der Waals surface area (Å²) >= 11 is 0. The Bertz CT molecular complexity index is 1560. The molecule has 1 amide bonds. The topological polar surface area (TPSA) is 64.2 Å². The van der Waals surface area contributed by atoms with Gasteiger partial charge >= 0.3 is 0 Å². The first-order valence-corrected chi connectivity index (χ1v) is 13.3. The van der Waals surface area contributed by atoms with Gasteiger partial charge in [0.1, 0.15) is 5.82 Å². The molecule has 2 atom stereocenters. The van der Waals surface area contributed by atoms with Crippen molar-refractivity contribution in [3.8, 4) is 11.1 Å². The Morgan fingerprint density at radius 3 is 2.47 bits per heavy atom. The Labute approximate surface area is 210 Å². The van der Waals surface area contributed by atoms with Gasteiger partial charge in [-0.1, -0.05) is 42.5 Å². The summed E-state index contributed by atoms with van der Waals surface area (Å²) in [5, 5.41) is 0. The van der Waals surface area contributed by atoms with E-state index in [1.165, 1.54) is 47.1 Å². The molecule has 0 spiro atoms. The minimum Gasteiger partial charge on any atom is -0.331 e. The summed E-state index contributed by atoms with van der Waals surface area (Å²) in [6.07, 6.45) is 6.70. The van der Waals surface area contributed by atoms with E-state index in [4.69, 9.17) is 10.7 Å². The second-order valence-electron chi connectivity index (χ2n) is 11.4.